The number of halogens is 1. The molecule has 2 rings (SSSR count). The van der Waals surface area contributed by atoms with Crippen molar-refractivity contribution in [2.45, 2.75) is 5.75 Å². The van der Waals surface area contributed by atoms with Crippen LogP contribution in [0, 0.1) is 0 Å². The van der Waals surface area contributed by atoms with Crippen molar-refractivity contribution in [1.29, 1.82) is 0 Å². The van der Waals surface area contributed by atoms with Crippen LogP contribution in [0.2, 0.25) is 0 Å². The van der Waals surface area contributed by atoms with E-state index in [9.17, 15) is 8.42 Å². The van der Waals surface area contributed by atoms with Crippen LogP contribution >= 0.6 is 15.9 Å². The van der Waals surface area contributed by atoms with E-state index >= 15 is 0 Å². The standard InChI is InChI=1S/C9H10BrN3O2S/c1-16(14,15)4-8-12-7-3-5(10)2-6(11)9(7)13-8/h2-3H,4,11H2,1H3,(H,12,13). The number of fused-ring (bicyclic) bond motifs is 1. The first-order valence-corrected chi connectivity index (χ1v) is 7.32. The van der Waals surface area contributed by atoms with E-state index in [1.54, 1.807) is 6.07 Å². The van der Waals surface area contributed by atoms with E-state index in [2.05, 4.69) is 25.9 Å². The molecule has 1 aromatic heterocycles. The topological polar surface area (TPSA) is 88.8 Å². The molecule has 0 atom stereocenters. The molecule has 2 aromatic rings. The average molecular weight is 304 g/mol. The second-order valence-electron chi connectivity index (χ2n) is 3.64. The van der Waals surface area contributed by atoms with Gasteiger partial charge in [-0.2, -0.15) is 0 Å². The maximum Gasteiger partial charge on any atom is 0.154 e. The predicted molar refractivity (Wildman–Crippen MR) is 66.8 cm³/mol. The van der Waals surface area contributed by atoms with Gasteiger partial charge in [0.05, 0.1) is 11.2 Å². The first-order chi connectivity index (χ1) is 7.35. The highest BCUT2D eigenvalue weighted by molar-refractivity contribution is 9.10. The van der Waals surface area contributed by atoms with Gasteiger partial charge in [-0.25, -0.2) is 13.4 Å². The fraction of sp³-hybridized carbons (Fsp3) is 0.222. The summed E-state index contributed by atoms with van der Waals surface area (Å²) in [6.45, 7) is 0. The summed E-state index contributed by atoms with van der Waals surface area (Å²) in [4.78, 5) is 7.09. The van der Waals surface area contributed by atoms with Crippen LogP contribution in [0.25, 0.3) is 11.0 Å². The molecule has 0 saturated carbocycles. The summed E-state index contributed by atoms with van der Waals surface area (Å²) < 4.78 is 23.1. The molecule has 16 heavy (non-hydrogen) atoms. The third-order valence-corrected chi connectivity index (χ3v) is 3.28. The van der Waals surface area contributed by atoms with Crippen molar-refractivity contribution in [1.82, 2.24) is 9.97 Å². The van der Waals surface area contributed by atoms with Gasteiger partial charge in [0.25, 0.3) is 0 Å². The zero-order chi connectivity index (χ0) is 11.9. The van der Waals surface area contributed by atoms with E-state index in [4.69, 9.17) is 5.73 Å². The highest BCUT2D eigenvalue weighted by Gasteiger charge is 2.11. The highest BCUT2D eigenvalue weighted by atomic mass is 79.9. The second-order valence-corrected chi connectivity index (χ2v) is 6.70. The van der Waals surface area contributed by atoms with Gasteiger partial charge >= 0.3 is 0 Å². The van der Waals surface area contributed by atoms with Gasteiger partial charge in [-0.1, -0.05) is 15.9 Å². The van der Waals surface area contributed by atoms with Crippen LogP contribution in [0.4, 0.5) is 5.69 Å². The fourth-order valence-electron chi connectivity index (χ4n) is 1.48. The van der Waals surface area contributed by atoms with E-state index < -0.39 is 9.84 Å². The van der Waals surface area contributed by atoms with Gasteiger partial charge in [-0.3, -0.25) is 0 Å². The van der Waals surface area contributed by atoms with E-state index in [0.717, 1.165) is 9.99 Å². The number of aromatic amines is 1. The van der Waals surface area contributed by atoms with Crippen molar-refractivity contribution in [3.63, 3.8) is 0 Å². The van der Waals surface area contributed by atoms with Crippen molar-refractivity contribution in [2.24, 2.45) is 0 Å². The lowest BCUT2D eigenvalue weighted by molar-refractivity contribution is 0.600. The first-order valence-electron chi connectivity index (χ1n) is 4.46. The van der Waals surface area contributed by atoms with Gasteiger partial charge in [0, 0.05) is 10.7 Å². The van der Waals surface area contributed by atoms with Crippen LogP contribution in [0.1, 0.15) is 5.82 Å². The Balaban J connectivity index is 2.56. The normalized spacial score (nSPS) is 12.1. The van der Waals surface area contributed by atoms with Gasteiger partial charge < -0.3 is 10.7 Å². The lowest BCUT2D eigenvalue weighted by Gasteiger charge is -1.94. The molecule has 0 radical (unpaired) electrons. The number of nitrogens with two attached hydrogens (primary N) is 1. The lowest BCUT2D eigenvalue weighted by Crippen LogP contribution is -2.02. The van der Waals surface area contributed by atoms with E-state index in [0.29, 0.717) is 17.0 Å². The van der Waals surface area contributed by atoms with Crippen molar-refractivity contribution in [3.8, 4) is 0 Å². The molecule has 7 heteroatoms. The molecule has 1 heterocycles. The Hall–Kier alpha value is -1.08. The number of imidazole rings is 1. The van der Waals surface area contributed by atoms with Crippen LogP contribution in [-0.2, 0) is 15.6 Å². The summed E-state index contributed by atoms with van der Waals surface area (Å²) in [7, 11) is -3.09. The number of benzene rings is 1. The number of H-pyrrole nitrogens is 1. The minimum Gasteiger partial charge on any atom is -0.397 e. The third-order valence-electron chi connectivity index (χ3n) is 2.03. The number of aromatic nitrogens is 2. The first kappa shape index (κ1) is 11.4. The molecule has 0 amide bonds. The molecule has 1 aromatic carbocycles. The van der Waals surface area contributed by atoms with Gasteiger partial charge in [0.15, 0.2) is 9.84 Å². The molecule has 0 aliphatic heterocycles. The highest BCUT2D eigenvalue weighted by Crippen LogP contribution is 2.24. The van der Waals surface area contributed by atoms with E-state index in [1.807, 2.05) is 6.07 Å². The Morgan fingerprint density at radius 2 is 2.19 bits per heavy atom. The van der Waals surface area contributed by atoms with E-state index in [1.165, 1.54) is 6.26 Å². The Labute approximate surface area is 101 Å². The summed E-state index contributed by atoms with van der Waals surface area (Å²) in [6.07, 6.45) is 1.17. The fourth-order valence-corrected chi connectivity index (χ4v) is 2.58. The molecule has 0 bridgehead atoms. The lowest BCUT2D eigenvalue weighted by atomic mass is 10.3. The minimum absolute atomic E-state index is 0.112. The van der Waals surface area contributed by atoms with Crippen LogP contribution in [0.5, 0.6) is 0 Å². The van der Waals surface area contributed by atoms with Crippen molar-refractivity contribution >= 4 is 42.5 Å². The largest absolute Gasteiger partial charge is 0.397 e. The van der Waals surface area contributed by atoms with Crippen LogP contribution in [0.3, 0.4) is 0 Å². The zero-order valence-corrected chi connectivity index (χ0v) is 10.9. The molecule has 0 unspecified atom stereocenters. The Morgan fingerprint density at radius 3 is 2.81 bits per heavy atom. The number of nitrogen functional groups attached to an aromatic ring is 1. The molecule has 0 aliphatic carbocycles. The van der Waals surface area contributed by atoms with Crippen LogP contribution in [-0.4, -0.2) is 24.6 Å². The molecular weight excluding hydrogens is 294 g/mol. The number of anilines is 1. The quantitative estimate of drug-likeness (QED) is 0.822. The molecule has 0 saturated heterocycles. The predicted octanol–water partition coefficient (Wildman–Crippen LogP) is 1.45. The molecule has 0 aliphatic rings. The van der Waals surface area contributed by atoms with Crippen molar-refractivity contribution in [3.05, 3.63) is 22.4 Å². The number of sulfone groups is 1. The average Bonchev–Trinajstić information content (AvgIpc) is 2.43. The summed E-state index contributed by atoms with van der Waals surface area (Å²) in [5.41, 5.74) is 7.61. The van der Waals surface area contributed by atoms with Gasteiger partial charge in [-0.15, -0.1) is 0 Å². The maximum absolute atomic E-state index is 11.1. The molecule has 0 fully saturated rings. The van der Waals surface area contributed by atoms with Crippen LogP contribution < -0.4 is 5.73 Å². The smallest absolute Gasteiger partial charge is 0.154 e. The summed E-state index contributed by atoms with van der Waals surface area (Å²) in [5, 5.41) is 0. The minimum atomic E-state index is -3.09. The molecule has 5 nitrogen and oxygen atoms in total. The number of rotatable bonds is 2. The number of hydrogen-bond acceptors (Lipinski definition) is 4. The number of nitrogens with zero attached hydrogens (tertiary/aromatic N) is 1. The van der Waals surface area contributed by atoms with Crippen LogP contribution in [0.15, 0.2) is 16.6 Å². The molecular formula is C9H10BrN3O2S. The van der Waals surface area contributed by atoms with E-state index in [-0.39, 0.29) is 5.75 Å². The summed E-state index contributed by atoms with van der Waals surface area (Å²) in [5.74, 6) is 0.293. The maximum atomic E-state index is 11.1. The van der Waals surface area contributed by atoms with Gasteiger partial charge in [0.1, 0.15) is 17.1 Å². The molecule has 86 valence electrons. The van der Waals surface area contributed by atoms with Crippen molar-refractivity contribution < 1.29 is 8.42 Å². The number of nitrogens with one attached hydrogen (secondary N) is 1. The second kappa shape index (κ2) is 3.74. The van der Waals surface area contributed by atoms with Gasteiger partial charge in [0.2, 0.25) is 0 Å². The summed E-state index contributed by atoms with van der Waals surface area (Å²) in [6, 6.07) is 3.54. The Bertz CT molecular complexity index is 648. The van der Waals surface area contributed by atoms with Gasteiger partial charge in [-0.05, 0) is 12.1 Å². The molecule has 3 N–H and O–H groups in total. The monoisotopic (exact) mass is 303 g/mol. The summed E-state index contributed by atoms with van der Waals surface area (Å²) >= 11 is 3.31. The Kier molecular flexibility index (Phi) is 2.67. The third kappa shape index (κ3) is 2.35. The van der Waals surface area contributed by atoms with Crippen molar-refractivity contribution in [2.75, 3.05) is 12.0 Å². The zero-order valence-electron chi connectivity index (χ0n) is 8.49. The Morgan fingerprint density at radius 1 is 1.50 bits per heavy atom. The molecule has 0 spiro atoms. The SMILES string of the molecule is CS(=O)(=O)Cc1nc2c(N)cc(Br)cc2[nH]1. The number of hydrogen-bond donors (Lipinski definition) is 2.